The third kappa shape index (κ3) is 4.17. The van der Waals surface area contributed by atoms with E-state index in [1.807, 2.05) is 58.0 Å². The summed E-state index contributed by atoms with van der Waals surface area (Å²) in [4.78, 5) is 0.170. The van der Waals surface area contributed by atoms with Gasteiger partial charge in [0.05, 0.1) is 10.6 Å². The minimum atomic E-state index is -3.81. The van der Waals surface area contributed by atoms with Crippen molar-refractivity contribution in [3.63, 3.8) is 0 Å². The summed E-state index contributed by atoms with van der Waals surface area (Å²) in [5, 5.41) is 0.614. The van der Waals surface area contributed by atoms with E-state index in [0.717, 1.165) is 5.56 Å². The molecular formula is C23H26NO3PS. The molecule has 0 bridgehead atoms. The molecule has 6 heteroatoms. The van der Waals surface area contributed by atoms with Crippen LogP contribution in [0.2, 0.25) is 0 Å². The van der Waals surface area contributed by atoms with Crippen molar-refractivity contribution < 1.29 is 13.0 Å². The molecule has 1 atom stereocenters. The summed E-state index contributed by atoms with van der Waals surface area (Å²) < 4.78 is 43.1. The van der Waals surface area contributed by atoms with Crippen LogP contribution >= 0.6 is 7.14 Å². The van der Waals surface area contributed by atoms with E-state index in [1.165, 1.54) is 0 Å². The van der Waals surface area contributed by atoms with Crippen LogP contribution in [0.25, 0.3) is 0 Å². The molecule has 152 valence electrons. The molecule has 3 aromatic carbocycles. The van der Waals surface area contributed by atoms with Gasteiger partial charge >= 0.3 is 0 Å². The van der Waals surface area contributed by atoms with E-state index in [0.29, 0.717) is 16.3 Å². The predicted molar refractivity (Wildman–Crippen MR) is 121 cm³/mol. The lowest BCUT2D eigenvalue weighted by Gasteiger charge is -2.33. The van der Waals surface area contributed by atoms with Gasteiger partial charge in [0.1, 0.15) is 7.14 Å². The number of rotatable bonds is 5. The minimum Gasteiger partial charge on any atom is -0.313 e. The molecule has 0 aliphatic heterocycles. The first-order valence-electron chi connectivity index (χ1n) is 9.40. The highest BCUT2D eigenvalue weighted by molar-refractivity contribution is 7.93. The Morgan fingerprint density at radius 1 is 0.793 bits per heavy atom. The second kappa shape index (κ2) is 7.81. The summed E-state index contributed by atoms with van der Waals surface area (Å²) in [6.07, 6.45) is 0. The number of anilines is 1. The largest absolute Gasteiger partial charge is 0.313 e. The summed E-state index contributed by atoms with van der Waals surface area (Å²) in [5.74, 6) is 0. The second-order valence-corrected chi connectivity index (χ2v) is 13.3. The van der Waals surface area contributed by atoms with Gasteiger partial charge < -0.3 is 4.57 Å². The zero-order valence-corrected chi connectivity index (χ0v) is 18.8. The number of nitrogens with one attached hydrogen (secondary N) is 1. The summed E-state index contributed by atoms with van der Waals surface area (Å²) in [6.45, 7) is 7.67. The minimum absolute atomic E-state index is 0.170. The van der Waals surface area contributed by atoms with Gasteiger partial charge in [0.2, 0.25) is 0 Å². The Kier molecular flexibility index (Phi) is 5.75. The molecule has 0 aromatic heterocycles. The van der Waals surface area contributed by atoms with Crippen molar-refractivity contribution in [2.45, 2.75) is 37.7 Å². The van der Waals surface area contributed by atoms with Crippen LogP contribution < -0.4 is 15.3 Å². The van der Waals surface area contributed by atoms with Gasteiger partial charge in [-0.1, -0.05) is 80.9 Å². The van der Waals surface area contributed by atoms with Crippen molar-refractivity contribution in [3.8, 4) is 0 Å². The van der Waals surface area contributed by atoms with E-state index in [1.54, 1.807) is 48.5 Å². The van der Waals surface area contributed by atoms with Crippen molar-refractivity contribution in [2.24, 2.45) is 0 Å². The van der Waals surface area contributed by atoms with Gasteiger partial charge in [0.15, 0.2) is 0 Å². The number of aryl methyl sites for hydroxylation is 1. The third-order valence-corrected chi connectivity index (χ3v) is 10.2. The fourth-order valence-electron chi connectivity index (χ4n) is 3.28. The van der Waals surface area contributed by atoms with Crippen molar-refractivity contribution >= 4 is 33.5 Å². The van der Waals surface area contributed by atoms with Crippen LogP contribution in [0, 0.1) is 6.92 Å². The molecule has 29 heavy (non-hydrogen) atoms. The van der Waals surface area contributed by atoms with Crippen LogP contribution in [0.3, 0.4) is 0 Å². The van der Waals surface area contributed by atoms with Crippen molar-refractivity contribution in [1.82, 2.24) is 0 Å². The van der Waals surface area contributed by atoms with Gasteiger partial charge in [-0.15, -0.1) is 0 Å². The number of para-hydroxylation sites is 1. The lowest BCUT2D eigenvalue weighted by Crippen LogP contribution is -2.32. The molecule has 0 amide bonds. The molecule has 0 heterocycles. The van der Waals surface area contributed by atoms with Crippen LogP contribution in [0.4, 0.5) is 5.69 Å². The van der Waals surface area contributed by atoms with Crippen LogP contribution in [0.1, 0.15) is 26.3 Å². The fraction of sp³-hybridized carbons (Fsp3) is 0.217. The Morgan fingerprint density at radius 3 is 1.93 bits per heavy atom. The Bertz CT molecular complexity index is 1150. The first-order chi connectivity index (χ1) is 13.6. The van der Waals surface area contributed by atoms with Crippen LogP contribution in [0.15, 0.2) is 83.8 Å². The number of benzene rings is 3. The first kappa shape index (κ1) is 21.4. The first-order valence-corrected chi connectivity index (χ1v) is 12.6. The molecule has 4 nitrogen and oxygen atoms in total. The normalized spacial score (nSPS) is 14.2. The Hall–Kier alpha value is -2.36. The molecule has 0 saturated heterocycles. The van der Waals surface area contributed by atoms with Gasteiger partial charge in [-0.3, -0.25) is 4.72 Å². The quantitative estimate of drug-likeness (QED) is 0.589. The molecule has 3 aromatic rings. The Morgan fingerprint density at radius 2 is 1.34 bits per heavy atom. The maximum atomic E-state index is 14.5. The average molecular weight is 428 g/mol. The van der Waals surface area contributed by atoms with E-state index < -0.39 is 22.3 Å². The smallest absolute Gasteiger partial charge is 0.261 e. The predicted octanol–water partition coefficient (Wildman–Crippen LogP) is 4.91. The van der Waals surface area contributed by atoms with Crippen LogP contribution in [-0.4, -0.2) is 13.6 Å². The van der Waals surface area contributed by atoms with E-state index in [9.17, 15) is 13.0 Å². The van der Waals surface area contributed by atoms with Gasteiger partial charge in [-0.05, 0) is 31.2 Å². The number of hydrogen-bond acceptors (Lipinski definition) is 3. The molecule has 3 rings (SSSR count). The number of sulfonamides is 1. The van der Waals surface area contributed by atoms with Gasteiger partial charge in [-0.2, -0.15) is 0 Å². The second-order valence-electron chi connectivity index (χ2n) is 8.05. The Labute approximate surface area is 173 Å². The van der Waals surface area contributed by atoms with Crippen molar-refractivity contribution in [3.05, 3.63) is 84.4 Å². The zero-order valence-electron chi connectivity index (χ0n) is 17.1. The van der Waals surface area contributed by atoms with Gasteiger partial charge in [0, 0.05) is 15.8 Å². The standard InChI is InChI=1S/C23H26NO3PS/c1-18-14-16-20(17-15-18)29(26,27)24-21-12-8-9-13-22(21)28(25,23(2,3)4)19-10-6-5-7-11-19/h5-17,24H,1-4H3/t28-/m1/s1. The molecule has 0 unspecified atom stereocenters. The summed E-state index contributed by atoms with van der Waals surface area (Å²) >= 11 is 0. The monoisotopic (exact) mass is 427 g/mol. The fourth-order valence-corrected chi connectivity index (χ4v) is 7.57. The molecule has 1 N–H and O–H groups in total. The van der Waals surface area contributed by atoms with Gasteiger partial charge in [-0.25, -0.2) is 8.42 Å². The lowest BCUT2D eigenvalue weighted by atomic mass is 10.2. The third-order valence-electron chi connectivity index (χ3n) is 4.88. The highest BCUT2D eigenvalue weighted by atomic mass is 32.2. The highest BCUT2D eigenvalue weighted by Gasteiger charge is 2.41. The summed E-state index contributed by atoms with van der Waals surface area (Å²) in [7, 11) is -6.97. The van der Waals surface area contributed by atoms with E-state index >= 15 is 0 Å². The SMILES string of the molecule is Cc1ccc(S(=O)(=O)Nc2ccccc2[P@](=O)(c2ccccc2)C(C)(C)C)cc1. The van der Waals surface area contributed by atoms with Gasteiger partial charge in [0.25, 0.3) is 10.0 Å². The van der Waals surface area contributed by atoms with Crippen LogP contribution in [-0.2, 0) is 14.6 Å². The molecule has 0 radical (unpaired) electrons. The zero-order chi connectivity index (χ0) is 21.3. The van der Waals surface area contributed by atoms with E-state index in [-0.39, 0.29) is 4.90 Å². The molecule has 0 spiro atoms. The van der Waals surface area contributed by atoms with Crippen molar-refractivity contribution in [1.29, 1.82) is 0 Å². The topological polar surface area (TPSA) is 63.2 Å². The Balaban J connectivity index is 2.15. The van der Waals surface area contributed by atoms with Crippen molar-refractivity contribution in [2.75, 3.05) is 4.72 Å². The molecule has 0 fully saturated rings. The molecule has 0 aliphatic rings. The highest BCUT2D eigenvalue weighted by Crippen LogP contribution is 2.56. The molecular weight excluding hydrogens is 401 g/mol. The average Bonchev–Trinajstić information content (AvgIpc) is 2.67. The maximum absolute atomic E-state index is 14.5. The van der Waals surface area contributed by atoms with E-state index in [4.69, 9.17) is 0 Å². The molecule has 0 aliphatic carbocycles. The summed E-state index contributed by atoms with van der Waals surface area (Å²) in [6, 6.07) is 22.9. The number of hydrogen-bond donors (Lipinski definition) is 1. The summed E-state index contributed by atoms with van der Waals surface area (Å²) in [5.41, 5.74) is 1.32. The van der Waals surface area contributed by atoms with Crippen LogP contribution in [0.5, 0.6) is 0 Å². The lowest BCUT2D eigenvalue weighted by molar-refractivity contribution is 0.564. The maximum Gasteiger partial charge on any atom is 0.261 e. The molecule has 0 saturated carbocycles. The van der Waals surface area contributed by atoms with E-state index in [2.05, 4.69) is 4.72 Å².